The third-order valence-corrected chi connectivity index (χ3v) is 2.63. The van der Waals surface area contributed by atoms with Gasteiger partial charge >= 0.3 is 0 Å². The van der Waals surface area contributed by atoms with Crippen LogP contribution in [0.3, 0.4) is 0 Å². The molecule has 6 heteroatoms. The average molecular weight is 249 g/mol. The maximum Gasteiger partial charge on any atom is 0.264 e. The van der Waals surface area contributed by atoms with Crippen molar-refractivity contribution < 1.29 is 4.79 Å². The number of hydrogen-bond donors (Lipinski definition) is 4. The molecule has 0 bridgehead atoms. The fourth-order valence-corrected chi connectivity index (χ4v) is 1.67. The van der Waals surface area contributed by atoms with E-state index in [9.17, 15) is 9.59 Å². The van der Waals surface area contributed by atoms with Crippen molar-refractivity contribution >= 4 is 18.5 Å². The number of benzene rings is 1. The van der Waals surface area contributed by atoms with Crippen LogP contribution in [0.5, 0.6) is 0 Å². The van der Waals surface area contributed by atoms with Crippen LogP contribution in [-0.4, -0.2) is 16.1 Å². The summed E-state index contributed by atoms with van der Waals surface area (Å²) >= 11 is 4.20. The third kappa shape index (κ3) is 2.79. The van der Waals surface area contributed by atoms with Gasteiger partial charge in [-0.15, -0.1) is 12.6 Å². The summed E-state index contributed by atoms with van der Waals surface area (Å²) in [6.45, 7) is 0.264. The van der Waals surface area contributed by atoms with Gasteiger partial charge in [-0.25, -0.2) is 0 Å². The second kappa shape index (κ2) is 4.92. The summed E-state index contributed by atoms with van der Waals surface area (Å²) in [6, 6.07) is 8.41. The lowest BCUT2D eigenvalue weighted by molar-refractivity contribution is 0.0947. The Bertz CT molecular complexity index is 588. The molecule has 1 amide bonds. The van der Waals surface area contributed by atoms with Gasteiger partial charge in [-0.05, 0) is 12.1 Å². The van der Waals surface area contributed by atoms with Crippen LogP contribution in [0.1, 0.15) is 16.1 Å². The predicted octanol–water partition coefficient (Wildman–Crippen LogP) is 0.922. The largest absolute Gasteiger partial charge is 0.346 e. The van der Waals surface area contributed by atoms with E-state index in [1.54, 1.807) is 18.2 Å². The van der Waals surface area contributed by atoms with Gasteiger partial charge in [0.1, 0.15) is 0 Å². The summed E-state index contributed by atoms with van der Waals surface area (Å²) < 4.78 is 0. The van der Waals surface area contributed by atoms with E-state index in [1.807, 2.05) is 6.07 Å². The number of rotatable bonds is 3. The van der Waals surface area contributed by atoms with E-state index in [0.29, 0.717) is 16.2 Å². The van der Waals surface area contributed by atoms with Gasteiger partial charge in [0, 0.05) is 11.0 Å². The molecule has 0 saturated heterocycles. The molecule has 0 aliphatic heterocycles. The minimum Gasteiger partial charge on any atom is -0.346 e. The molecule has 2 aromatic rings. The lowest BCUT2D eigenvalue weighted by Crippen LogP contribution is -2.23. The number of carbonyl (C=O) groups excluding carboxylic acids is 1. The first-order valence-corrected chi connectivity index (χ1v) is 5.44. The lowest BCUT2D eigenvalue weighted by Gasteiger charge is -2.05. The summed E-state index contributed by atoms with van der Waals surface area (Å²) in [5.41, 5.74) is 0.914. The molecule has 3 N–H and O–H groups in total. The molecule has 0 aliphatic rings. The zero-order valence-corrected chi connectivity index (χ0v) is 9.75. The van der Waals surface area contributed by atoms with E-state index in [2.05, 4.69) is 28.1 Å². The van der Waals surface area contributed by atoms with Crippen molar-refractivity contribution in [3.05, 3.63) is 51.9 Å². The van der Waals surface area contributed by atoms with Crippen molar-refractivity contribution in [3.8, 4) is 0 Å². The number of nitrogens with one attached hydrogen (secondary N) is 3. The highest BCUT2D eigenvalue weighted by Crippen LogP contribution is 2.12. The van der Waals surface area contributed by atoms with Gasteiger partial charge < -0.3 is 10.4 Å². The average Bonchev–Trinajstić information content (AvgIpc) is 2.73. The molecule has 1 aromatic heterocycles. The van der Waals surface area contributed by atoms with Crippen molar-refractivity contribution in [1.82, 2.24) is 15.5 Å². The molecule has 0 spiro atoms. The Labute approximate surface area is 103 Å². The number of thiol groups is 1. The van der Waals surface area contributed by atoms with Crippen molar-refractivity contribution in [3.63, 3.8) is 0 Å². The van der Waals surface area contributed by atoms with Gasteiger partial charge in [0.25, 0.3) is 11.5 Å². The quantitative estimate of drug-likeness (QED) is 0.610. The lowest BCUT2D eigenvalue weighted by atomic mass is 10.2. The second-order valence-corrected chi connectivity index (χ2v) is 3.97. The van der Waals surface area contributed by atoms with Crippen molar-refractivity contribution in [2.45, 2.75) is 11.4 Å². The molecule has 0 aliphatic carbocycles. The maximum atomic E-state index is 11.8. The summed E-state index contributed by atoms with van der Waals surface area (Å²) in [6.07, 6.45) is 0. The topological polar surface area (TPSA) is 77.8 Å². The first-order valence-electron chi connectivity index (χ1n) is 4.99. The first-order chi connectivity index (χ1) is 8.16. The van der Waals surface area contributed by atoms with Gasteiger partial charge in [-0.2, -0.15) is 0 Å². The highest BCUT2D eigenvalue weighted by molar-refractivity contribution is 7.80. The minimum atomic E-state index is -0.224. The molecular formula is C11H11N3O2S. The Kier molecular flexibility index (Phi) is 3.34. The van der Waals surface area contributed by atoms with Crippen LogP contribution >= 0.6 is 12.6 Å². The van der Waals surface area contributed by atoms with E-state index in [-0.39, 0.29) is 18.0 Å². The van der Waals surface area contributed by atoms with Gasteiger partial charge in [0.15, 0.2) is 0 Å². The molecule has 0 unspecified atom stereocenters. The molecule has 5 nitrogen and oxygen atoms in total. The Balaban J connectivity index is 2.03. The number of carbonyl (C=O) groups is 1. The van der Waals surface area contributed by atoms with Gasteiger partial charge in [0.2, 0.25) is 0 Å². The van der Waals surface area contributed by atoms with E-state index in [1.165, 1.54) is 6.07 Å². The number of H-pyrrole nitrogens is 2. The zero-order valence-electron chi connectivity index (χ0n) is 8.86. The first kappa shape index (κ1) is 11.5. The van der Waals surface area contributed by atoms with Crippen LogP contribution < -0.4 is 10.9 Å². The normalized spacial score (nSPS) is 10.2. The standard InChI is InChI=1S/C11H11N3O2S/c15-10-5-7(13-14-10)6-12-11(16)8-3-1-2-4-9(8)17/h1-5,17H,6H2,(H,12,16)(H2,13,14,15). The Morgan fingerprint density at radius 3 is 2.71 bits per heavy atom. The fourth-order valence-electron chi connectivity index (χ4n) is 1.40. The van der Waals surface area contributed by atoms with Crippen LogP contribution in [0.15, 0.2) is 40.0 Å². The molecule has 88 valence electrons. The highest BCUT2D eigenvalue weighted by Gasteiger charge is 2.08. The molecular weight excluding hydrogens is 238 g/mol. The predicted molar refractivity (Wildman–Crippen MR) is 66.3 cm³/mol. The Morgan fingerprint density at radius 2 is 2.06 bits per heavy atom. The van der Waals surface area contributed by atoms with E-state index < -0.39 is 0 Å². The SMILES string of the molecule is O=C(NCc1cc(=O)[nH][nH]1)c1ccccc1S. The van der Waals surface area contributed by atoms with Crippen LogP contribution in [0.2, 0.25) is 0 Å². The van der Waals surface area contributed by atoms with Crippen LogP contribution in [0, 0.1) is 0 Å². The molecule has 0 fully saturated rings. The minimum absolute atomic E-state index is 0.219. The molecule has 1 heterocycles. The van der Waals surface area contributed by atoms with Gasteiger partial charge in [0.05, 0.1) is 17.8 Å². The van der Waals surface area contributed by atoms with Gasteiger partial charge in [-0.1, -0.05) is 12.1 Å². The van der Waals surface area contributed by atoms with Crippen molar-refractivity contribution in [2.75, 3.05) is 0 Å². The van der Waals surface area contributed by atoms with Crippen LogP contribution in [-0.2, 0) is 6.54 Å². The molecule has 0 atom stereocenters. The van der Waals surface area contributed by atoms with Crippen molar-refractivity contribution in [1.29, 1.82) is 0 Å². The fraction of sp³-hybridized carbons (Fsp3) is 0.0909. The summed E-state index contributed by atoms with van der Waals surface area (Å²) in [5, 5.41) is 7.74. The number of amides is 1. The monoisotopic (exact) mass is 249 g/mol. The number of aromatic nitrogens is 2. The van der Waals surface area contributed by atoms with Gasteiger partial charge in [-0.3, -0.25) is 14.7 Å². The van der Waals surface area contributed by atoms with Crippen LogP contribution in [0.25, 0.3) is 0 Å². The molecule has 2 rings (SSSR count). The smallest absolute Gasteiger partial charge is 0.264 e. The van der Waals surface area contributed by atoms with Crippen molar-refractivity contribution in [2.24, 2.45) is 0 Å². The maximum absolute atomic E-state index is 11.8. The Morgan fingerprint density at radius 1 is 1.29 bits per heavy atom. The summed E-state index contributed by atoms with van der Waals surface area (Å²) in [7, 11) is 0. The number of hydrogen-bond acceptors (Lipinski definition) is 3. The second-order valence-electron chi connectivity index (χ2n) is 3.48. The summed E-state index contributed by atoms with van der Waals surface area (Å²) in [4.78, 5) is 23.2. The Hall–Kier alpha value is -1.95. The molecule has 17 heavy (non-hydrogen) atoms. The number of aromatic amines is 2. The van der Waals surface area contributed by atoms with Crippen LogP contribution in [0.4, 0.5) is 0 Å². The molecule has 0 saturated carbocycles. The van der Waals surface area contributed by atoms with E-state index >= 15 is 0 Å². The zero-order chi connectivity index (χ0) is 12.3. The van der Waals surface area contributed by atoms with E-state index in [4.69, 9.17) is 0 Å². The summed E-state index contributed by atoms with van der Waals surface area (Å²) in [5.74, 6) is -0.224. The third-order valence-electron chi connectivity index (χ3n) is 2.24. The molecule has 0 radical (unpaired) electrons. The van der Waals surface area contributed by atoms with E-state index in [0.717, 1.165) is 0 Å². The highest BCUT2D eigenvalue weighted by atomic mass is 32.1. The molecule has 1 aromatic carbocycles.